The molecule has 2 amide bonds. The van der Waals surface area contributed by atoms with Crippen LogP contribution in [-0.2, 0) is 36.9 Å². The van der Waals surface area contributed by atoms with Crippen LogP contribution < -0.4 is 15.5 Å². The van der Waals surface area contributed by atoms with Gasteiger partial charge in [-0.05, 0) is 49.3 Å². The monoisotopic (exact) mass is 511 g/mol. The van der Waals surface area contributed by atoms with E-state index in [0.717, 1.165) is 11.1 Å². The van der Waals surface area contributed by atoms with E-state index in [-0.39, 0.29) is 6.61 Å². The minimum Gasteiger partial charge on any atom is -0.480 e. The predicted octanol–water partition coefficient (Wildman–Crippen LogP) is 2.65. The zero-order chi connectivity index (χ0) is 26.6. The maximum atomic E-state index is 13.3. The SMILES string of the molecule is COC(=O)[C@H](CCCCNC(=O)OCc1ccccc1)N[C@H]1CCc2ccccc2N(CC(=O)O)C1=O. The first-order chi connectivity index (χ1) is 17.9. The number of carboxylic acids is 1. The molecule has 0 fully saturated rings. The molecule has 0 saturated heterocycles. The molecule has 10 heteroatoms. The fourth-order valence-corrected chi connectivity index (χ4v) is 4.26. The van der Waals surface area contributed by atoms with Gasteiger partial charge in [-0.2, -0.15) is 0 Å². The Bertz CT molecular complexity index is 1080. The average Bonchev–Trinajstić information content (AvgIpc) is 3.03. The number of benzene rings is 2. The lowest BCUT2D eigenvalue weighted by Crippen LogP contribution is -2.52. The van der Waals surface area contributed by atoms with Gasteiger partial charge in [-0.25, -0.2) is 4.79 Å². The second-order valence-corrected chi connectivity index (χ2v) is 8.76. The summed E-state index contributed by atoms with van der Waals surface area (Å²) in [4.78, 5) is 50.3. The van der Waals surface area contributed by atoms with E-state index in [0.29, 0.717) is 44.3 Å². The van der Waals surface area contributed by atoms with Crippen molar-refractivity contribution in [2.24, 2.45) is 0 Å². The third kappa shape index (κ3) is 8.32. The number of para-hydroxylation sites is 1. The molecule has 1 heterocycles. The van der Waals surface area contributed by atoms with Gasteiger partial charge >= 0.3 is 18.0 Å². The first-order valence-electron chi connectivity index (χ1n) is 12.3. The number of rotatable bonds is 12. The van der Waals surface area contributed by atoms with Crippen LogP contribution in [0.2, 0.25) is 0 Å². The fourth-order valence-electron chi connectivity index (χ4n) is 4.26. The molecule has 2 aromatic rings. The number of unbranched alkanes of at least 4 members (excludes halogenated alkanes) is 1. The lowest BCUT2D eigenvalue weighted by molar-refractivity contribution is -0.144. The maximum absolute atomic E-state index is 13.3. The predicted molar refractivity (Wildman–Crippen MR) is 136 cm³/mol. The summed E-state index contributed by atoms with van der Waals surface area (Å²) in [7, 11) is 1.28. The Hall–Kier alpha value is -3.92. The van der Waals surface area contributed by atoms with E-state index in [1.807, 2.05) is 42.5 Å². The van der Waals surface area contributed by atoms with Crippen LogP contribution >= 0.6 is 0 Å². The molecule has 1 aliphatic rings. The summed E-state index contributed by atoms with van der Waals surface area (Å²) < 4.78 is 10.1. The molecule has 0 unspecified atom stereocenters. The Morgan fingerprint density at radius 1 is 1.08 bits per heavy atom. The molecule has 1 aliphatic heterocycles. The zero-order valence-electron chi connectivity index (χ0n) is 20.9. The quantitative estimate of drug-likeness (QED) is 0.293. The number of carbonyl (C=O) groups is 4. The number of alkyl carbamates (subject to hydrolysis) is 1. The highest BCUT2D eigenvalue weighted by Crippen LogP contribution is 2.27. The van der Waals surface area contributed by atoms with Gasteiger partial charge in [0.1, 0.15) is 19.2 Å². The van der Waals surface area contributed by atoms with Gasteiger partial charge in [0, 0.05) is 12.2 Å². The lowest BCUT2D eigenvalue weighted by atomic mass is 10.0. The van der Waals surface area contributed by atoms with E-state index >= 15 is 0 Å². The van der Waals surface area contributed by atoms with Crippen LogP contribution in [0.4, 0.5) is 10.5 Å². The number of hydrogen-bond donors (Lipinski definition) is 3. The van der Waals surface area contributed by atoms with Crippen LogP contribution in [0.25, 0.3) is 0 Å². The van der Waals surface area contributed by atoms with Gasteiger partial charge in [0.2, 0.25) is 5.91 Å². The topological polar surface area (TPSA) is 134 Å². The Morgan fingerprint density at radius 2 is 1.81 bits per heavy atom. The smallest absolute Gasteiger partial charge is 0.407 e. The van der Waals surface area contributed by atoms with Crippen molar-refractivity contribution in [3.63, 3.8) is 0 Å². The number of nitrogens with zero attached hydrogens (tertiary/aromatic N) is 1. The number of anilines is 1. The minimum absolute atomic E-state index is 0.180. The Labute approximate surface area is 215 Å². The molecule has 198 valence electrons. The molecule has 3 rings (SSSR count). The van der Waals surface area contributed by atoms with Gasteiger partial charge in [-0.1, -0.05) is 48.5 Å². The summed E-state index contributed by atoms with van der Waals surface area (Å²) in [6.07, 6.45) is 1.99. The third-order valence-electron chi connectivity index (χ3n) is 6.13. The first-order valence-corrected chi connectivity index (χ1v) is 12.3. The lowest BCUT2D eigenvalue weighted by Gasteiger charge is -2.27. The number of nitrogens with one attached hydrogen (secondary N) is 2. The number of aryl methyl sites for hydroxylation is 1. The third-order valence-corrected chi connectivity index (χ3v) is 6.13. The van der Waals surface area contributed by atoms with Crippen molar-refractivity contribution >= 4 is 29.6 Å². The van der Waals surface area contributed by atoms with E-state index in [1.165, 1.54) is 12.0 Å². The molecule has 0 saturated carbocycles. The molecule has 2 atom stereocenters. The number of esters is 1. The molecule has 0 bridgehead atoms. The molecular formula is C27H33N3O7. The van der Waals surface area contributed by atoms with E-state index in [1.54, 1.807) is 12.1 Å². The van der Waals surface area contributed by atoms with E-state index < -0.39 is 42.6 Å². The summed E-state index contributed by atoms with van der Waals surface area (Å²) in [5.41, 5.74) is 2.34. The second-order valence-electron chi connectivity index (χ2n) is 8.76. The van der Waals surface area contributed by atoms with Gasteiger partial charge in [-0.15, -0.1) is 0 Å². The molecule has 2 aromatic carbocycles. The average molecular weight is 512 g/mol. The largest absolute Gasteiger partial charge is 0.480 e. The van der Waals surface area contributed by atoms with Crippen LogP contribution in [-0.4, -0.2) is 61.3 Å². The number of methoxy groups -OCH3 is 1. The highest BCUT2D eigenvalue weighted by atomic mass is 16.5. The summed E-state index contributed by atoms with van der Waals surface area (Å²) in [5.74, 6) is -2.03. The van der Waals surface area contributed by atoms with E-state index in [9.17, 15) is 24.3 Å². The molecule has 37 heavy (non-hydrogen) atoms. The van der Waals surface area contributed by atoms with Crippen molar-refractivity contribution in [3.05, 3.63) is 65.7 Å². The Kier molecular flexibility index (Phi) is 10.5. The molecule has 10 nitrogen and oxygen atoms in total. The van der Waals surface area contributed by atoms with Gasteiger partial charge < -0.3 is 19.9 Å². The highest BCUT2D eigenvalue weighted by molar-refractivity contribution is 6.02. The number of amides is 2. The van der Waals surface area contributed by atoms with Gasteiger partial charge in [0.05, 0.1) is 13.2 Å². The zero-order valence-corrected chi connectivity index (χ0v) is 20.9. The van der Waals surface area contributed by atoms with Crippen molar-refractivity contribution in [3.8, 4) is 0 Å². The summed E-state index contributed by atoms with van der Waals surface area (Å²) in [6, 6.07) is 15.1. The van der Waals surface area contributed by atoms with Crippen LogP contribution in [0.1, 0.15) is 36.8 Å². The van der Waals surface area contributed by atoms with E-state index in [2.05, 4.69) is 10.6 Å². The van der Waals surface area contributed by atoms with Crippen molar-refractivity contribution < 1.29 is 33.8 Å². The molecule has 0 aliphatic carbocycles. The second kappa shape index (κ2) is 14.0. The number of ether oxygens (including phenoxy) is 2. The van der Waals surface area contributed by atoms with Crippen LogP contribution in [0.5, 0.6) is 0 Å². The maximum Gasteiger partial charge on any atom is 0.407 e. The molecule has 0 spiro atoms. The van der Waals surface area contributed by atoms with Crippen LogP contribution in [0, 0.1) is 0 Å². The standard InChI is InChI=1S/C27H33N3O7/c1-36-26(34)22(12-7-8-16-28-27(35)37-18-19-9-3-2-4-10-19)29-21-15-14-20-11-5-6-13-23(20)30(25(21)33)17-24(31)32/h2-6,9-11,13,21-22,29H,7-8,12,14-18H2,1H3,(H,28,35)(H,31,32)/t21-,22-/m0/s1. The first kappa shape index (κ1) is 27.7. The normalized spacial score (nSPS) is 15.8. The number of aliphatic carboxylic acids is 1. The molecule has 0 radical (unpaired) electrons. The van der Waals surface area contributed by atoms with E-state index in [4.69, 9.17) is 9.47 Å². The Morgan fingerprint density at radius 3 is 2.54 bits per heavy atom. The number of carboxylic acid groups (broad SMARTS) is 1. The number of fused-ring (bicyclic) bond motifs is 1. The number of carbonyl (C=O) groups excluding carboxylic acids is 3. The van der Waals surface area contributed by atoms with Crippen LogP contribution in [0.15, 0.2) is 54.6 Å². The minimum atomic E-state index is -1.12. The van der Waals surface area contributed by atoms with Crippen molar-refractivity contribution in [2.75, 3.05) is 25.1 Å². The molecule has 0 aromatic heterocycles. The van der Waals surface area contributed by atoms with Gasteiger partial charge in [0.25, 0.3) is 0 Å². The summed E-state index contributed by atoms with van der Waals surface area (Å²) in [6.45, 7) is 0.0771. The number of hydrogen-bond acceptors (Lipinski definition) is 7. The van der Waals surface area contributed by atoms with Crippen molar-refractivity contribution in [1.29, 1.82) is 0 Å². The van der Waals surface area contributed by atoms with Gasteiger partial charge in [-0.3, -0.25) is 24.6 Å². The summed E-state index contributed by atoms with van der Waals surface area (Å²) >= 11 is 0. The van der Waals surface area contributed by atoms with Gasteiger partial charge in [0.15, 0.2) is 0 Å². The van der Waals surface area contributed by atoms with Crippen LogP contribution in [0.3, 0.4) is 0 Å². The highest BCUT2D eigenvalue weighted by Gasteiger charge is 2.34. The Balaban J connectivity index is 1.51. The molecular weight excluding hydrogens is 478 g/mol. The molecule has 3 N–H and O–H groups in total. The van der Waals surface area contributed by atoms with Crippen molar-refractivity contribution in [2.45, 2.75) is 50.8 Å². The van der Waals surface area contributed by atoms with Crippen molar-refractivity contribution in [1.82, 2.24) is 10.6 Å². The summed E-state index contributed by atoms with van der Waals surface area (Å²) in [5, 5.41) is 15.2. The fraction of sp³-hybridized carbons (Fsp3) is 0.407.